The minimum atomic E-state index is -0.225. The molecule has 0 radical (unpaired) electrons. The Hall–Kier alpha value is -3.51. The van der Waals surface area contributed by atoms with Crippen molar-refractivity contribution in [2.75, 3.05) is 4.90 Å². The maximum Gasteiger partial charge on any atom is 0.174 e. The van der Waals surface area contributed by atoms with Crippen LogP contribution < -0.4 is 10.2 Å². The first-order valence-corrected chi connectivity index (χ1v) is 11.8. The van der Waals surface area contributed by atoms with Crippen molar-refractivity contribution in [1.82, 2.24) is 14.9 Å². The fourth-order valence-electron chi connectivity index (χ4n) is 4.98. The maximum absolute atomic E-state index is 14.1. The highest BCUT2D eigenvalue weighted by atomic mass is 32.1. The van der Waals surface area contributed by atoms with Crippen LogP contribution in [0.4, 0.5) is 10.1 Å². The number of rotatable bonds is 4. The van der Waals surface area contributed by atoms with Crippen LogP contribution in [0.1, 0.15) is 45.9 Å². The van der Waals surface area contributed by atoms with Crippen LogP contribution in [0, 0.1) is 33.5 Å². The molecule has 0 saturated carbocycles. The van der Waals surface area contributed by atoms with Gasteiger partial charge in [0.2, 0.25) is 0 Å². The van der Waals surface area contributed by atoms with E-state index in [4.69, 9.17) is 12.2 Å². The van der Waals surface area contributed by atoms with Gasteiger partial charge in [-0.15, -0.1) is 0 Å². The summed E-state index contributed by atoms with van der Waals surface area (Å²) in [5, 5.41) is 4.10. The quantitative estimate of drug-likeness (QED) is 0.349. The van der Waals surface area contributed by atoms with Crippen LogP contribution in [0.2, 0.25) is 0 Å². The first-order valence-electron chi connectivity index (χ1n) is 11.4. The molecular weight excluding hydrogens is 443 g/mol. The molecule has 6 heteroatoms. The molecule has 0 aliphatic carbocycles. The van der Waals surface area contributed by atoms with Gasteiger partial charge in [-0.05, 0) is 105 Å². The summed E-state index contributed by atoms with van der Waals surface area (Å²) in [7, 11) is 0. The summed E-state index contributed by atoms with van der Waals surface area (Å²) in [5.74, 6) is -0.225. The van der Waals surface area contributed by atoms with E-state index < -0.39 is 0 Å². The summed E-state index contributed by atoms with van der Waals surface area (Å²) in [6.45, 7) is 8.16. The second-order valence-corrected chi connectivity index (χ2v) is 9.32. The Bertz CT molecular complexity index is 1380. The molecule has 0 bridgehead atoms. The third-order valence-corrected chi connectivity index (χ3v) is 6.88. The van der Waals surface area contributed by atoms with Gasteiger partial charge >= 0.3 is 0 Å². The predicted molar refractivity (Wildman–Crippen MR) is 139 cm³/mol. The van der Waals surface area contributed by atoms with Gasteiger partial charge in [-0.25, -0.2) is 4.39 Å². The molecule has 2 aromatic carbocycles. The van der Waals surface area contributed by atoms with E-state index in [0.717, 1.165) is 34.0 Å². The number of anilines is 1. The van der Waals surface area contributed by atoms with Crippen LogP contribution >= 0.6 is 12.2 Å². The van der Waals surface area contributed by atoms with Gasteiger partial charge in [-0.3, -0.25) is 4.98 Å². The first kappa shape index (κ1) is 22.3. The zero-order chi connectivity index (χ0) is 24.0. The highest BCUT2D eigenvalue weighted by Crippen LogP contribution is 2.44. The number of halogens is 1. The summed E-state index contributed by atoms with van der Waals surface area (Å²) in [5.41, 5.74) is 8.15. The van der Waals surface area contributed by atoms with Crippen LogP contribution in [0.25, 0.3) is 5.69 Å². The third kappa shape index (κ3) is 3.78. The summed E-state index contributed by atoms with van der Waals surface area (Å²) in [4.78, 5) is 6.74. The van der Waals surface area contributed by atoms with Crippen LogP contribution in [0.5, 0.6) is 0 Å². The maximum atomic E-state index is 14.1. The van der Waals surface area contributed by atoms with Gasteiger partial charge in [0.1, 0.15) is 5.82 Å². The summed E-state index contributed by atoms with van der Waals surface area (Å²) < 4.78 is 16.4. The van der Waals surface area contributed by atoms with E-state index in [2.05, 4.69) is 70.9 Å². The average Bonchev–Trinajstić information content (AvgIpc) is 3.31. The number of nitrogens with one attached hydrogen (secondary N) is 1. The Morgan fingerprint density at radius 3 is 2.44 bits per heavy atom. The Balaban J connectivity index is 1.69. The lowest BCUT2D eigenvalue weighted by molar-refractivity contribution is 0.564. The van der Waals surface area contributed by atoms with E-state index in [1.807, 2.05) is 24.3 Å². The number of hydrogen-bond acceptors (Lipinski definition) is 2. The Morgan fingerprint density at radius 2 is 1.74 bits per heavy atom. The molecule has 0 amide bonds. The normalized spacial score (nSPS) is 17.8. The molecule has 0 spiro atoms. The second-order valence-electron chi connectivity index (χ2n) is 8.93. The van der Waals surface area contributed by atoms with Crippen molar-refractivity contribution in [1.29, 1.82) is 0 Å². The highest BCUT2D eigenvalue weighted by molar-refractivity contribution is 7.80. The molecule has 1 N–H and O–H groups in total. The number of pyridine rings is 1. The van der Waals surface area contributed by atoms with E-state index in [9.17, 15) is 4.39 Å². The van der Waals surface area contributed by atoms with Gasteiger partial charge in [0.25, 0.3) is 0 Å². The Labute approximate surface area is 205 Å². The van der Waals surface area contributed by atoms with Crippen molar-refractivity contribution in [3.8, 4) is 5.69 Å². The number of nitrogens with zero attached hydrogens (tertiary/aromatic N) is 3. The molecule has 1 aliphatic rings. The van der Waals surface area contributed by atoms with E-state index in [1.165, 1.54) is 11.6 Å². The standard InChI is InChI=1S/C28H27FN4S/c1-17-8-7-9-21(14-17)32-19(3)16-23(20(32)4)27-26(25-10-5-6-13-30-25)31-28(34)33(27)22-11-12-24(29)18(2)15-22/h5-16,26-27H,1-4H3,(H,31,34)/t26-,27+/m1/s1. The molecule has 3 heterocycles. The molecule has 4 nitrogen and oxygen atoms in total. The van der Waals surface area contributed by atoms with E-state index >= 15 is 0 Å². The van der Waals surface area contributed by atoms with Gasteiger partial charge in [-0.1, -0.05) is 18.2 Å². The highest BCUT2D eigenvalue weighted by Gasteiger charge is 2.42. The molecule has 2 aromatic heterocycles. The first-order chi connectivity index (χ1) is 16.3. The molecule has 1 aliphatic heterocycles. The smallest absolute Gasteiger partial charge is 0.174 e. The molecule has 1 saturated heterocycles. The topological polar surface area (TPSA) is 33.1 Å². The molecule has 4 aromatic rings. The van der Waals surface area contributed by atoms with Gasteiger partial charge in [0, 0.05) is 29.0 Å². The van der Waals surface area contributed by atoms with Crippen LogP contribution in [-0.4, -0.2) is 14.7 Å². The van der Waals surface area contributed by atoms with Crippen molar-refractivity contribution in [3.63, 3.8) is 0 Å². The van der Waals surface area contributed by atoms with E-state index in [0.29, 0.717) is 10.7 Å². The minimum absolute atomic E-state index is 0.142. The second kappa shape index (κ2) is 8.69. The lowest BCUT2D eigenvalue weighted by atomic mass is 9.96. The van der Waals surface area contributed by atoms with Crippen molar-refractivity contribution in [3.05, 3.63) is 113 Å². The Kier molecular flexibility index (Phi) is 5.70. The van der Waals surface area contributed by atoms with Gasteiger partial charge < -0.3 is 14.8 Å². The number of aromatic nitrogens is 2. The lowest BCUT2D eigenvalue weighted by Crippen LogP contribution is -2.29. The third-order valence-electron chi connectivity index (χ3n) is 6.57. The monoisotopic (exact) mass is 470 g/mol. The summed E-state index contributed by atoms with van der Waals surface area (Å²) in [6.07, 6.45) is 1.80. The zero-order valence-corrected chi connectivity index (χ0v) is 20.5. The number of aryl methyl sites for hydroxylation is 3. The predicted octanol–water partition coefficient (Wildman–Crippen LogP) is 6.42. The van der Waals surface area contributed by atoms with Crippen LogP contribution in [0.15, 0.2) is 72.9 Å². The molecule has 1 fully saturated rings. The largest absolute Gasteiger partial charge is 0.351 e. The zero-order valence-electron chi connectivity index (χ0n) is 19.7. The summed E-state index contributed by atoms with van der Waals surface area (Å²) >= 11 is 5.83. The van der Waals surface area contributed by atoms with Crippen molar-refractivity contribution in [2.45, 2.75) is 39.8 Å². The molecular formula is C28H27FN4S. The molecule has 5 rings (SSSR count). The molecule has 2 atom stereocenters. The van der Waals surface area contributed by atoms with Gasteiger partial charge in [-0.2, -0.15) is 0 Å². The van der Waals surface area contributed by atoms with E-state index in [1.54, 1.807) is 19.2 Å². The van der Waals surface area contributed by atoms with Crippen molar-refractivity contribution >= 4 is 23.0 Å². The van der Waals surface area contributed by atoms with Crippen molar-refractivity contribution in [2.24, 2.45) is 0 Å². The van der Waals surface area contributed by atoms with Crippen LogP contribution in [0.3, 0.4) is 0 Å². The van der Waals surface area contributed by atoms with Gasteiger partial charge in [0.05, 0.1) is 17.8 Å². The minimum Gasteiger partial charge on any atom is -0.351 e. The SMILES string of the molecule is Cc1cccc(-n2c(C)cc([C@H]3[C@@H](c4ccccn4)NC(=S)N3c3ccc(F)c(C)c3)c2C)c1. The summed E-state index contributed by atoms with van der Waals surface area (Å²) in [6, 6.07) is 21.5. The lowest BCUT2D eigenvalue weighted by Gasteiger charge is -2.28. The van der Waals surface area contributed by atoms with Crippen LogP contribution in [-0.2, 0) is 0 Å². The fourth-order valence-corrected chi connectivity index (χ4v) is 5.33. The Morgan fingerprint density at radius 1 is 0.912 bits per heavy atom. The van der Waals surface area contributed by atoms with Gasteiger partial charge in [0.15, 0.2) is 5.11 Å². The van der Waals surface area contributed by atoms with Crippen molar-refractivity contribution < 1.29 is 4.39 Å². The average molecular weight is 471 g/mol. The van der Waals surface area contributed by atoms with E-state index in [-0.39, 0.29) is 17.9 Å². The molecule has 34 heavy (non-hydrogen) atoms. The number of thiocarbonyl (C=S) groups is 1. The molecule has 0 unspecified atom stereocenters. The fraction of sp³-hybridized carbons (Fsp3) is 0.214. The number of hydrogen-bond donors (Lipinski definition) is 1. The molecule has 172 valence electrons. The number of benzene rings is 2.